The van der Waals surface area contributed by atoms with Crippen LogP contribution in [0.25, 0.3) is 0 Å². The molecule has 2 rings (SSSR count). The van der Waals surface area contributed by atoms with E-state index in [0.29, 0.717) is 0 Å². The highest BCUT2D eigenvalue weighted by Crippen LogP contribution is 2.26. The molecule has 3 nitrogen and oxygen atoms in total. The molecule has 0 saturated heterocycles. The molecular weight excluding hydrogens is 334 g/mol. The highest BCUT2D eigenvalue weighted by molar-refractivity contribution is 9.11. The van der Waals surface area contributed by atoms with E-state index >= 15 is 0 Å². The topological polar surface area (TPSA) is 29.9 Å². The maximum absolute atomic E-state index is 4.30. The van der Waals surface area contributed by atoms with Crippen LogP contribution in [0.3, 0.4) is 0 Å². The van der Waals surface area contributed by atoms with Gasteiger partial charge in [0.2, 0.25) is 0 Å². The number of benzene rings is 1. The van der Waals surface area contributed by atoms with Crippen LogP contribution < -0.4 is 5.32 Å². The van der Waals surface area contributed by atoms with Crippen LogP contribution in [0.1, 0.15) is 5.69 Å². The Hall–Kier alpha value is -0.810. The first-order valence-corrected chi connectivity index (χ1v) is 6.41. The molecular formula is C11H11Br2N3. The molecule has 0 aliphatic carbocycles. The van der Waals surface area contributed by atoms with Gasteiger partial charge in [-0.05, 0) is 40.2 Å². The van der Waals surface area contributed by atoms with Gasteiger partial charge in [-0.3, -0.25) is 4.68 Å². The first kappa shape index (κ1) is 11.7. The van der Waals surface area contributed by atoms with Crippen molar-refractivity contribution in [3.8, 4) is 0 Å². The van der Waals surface area contributed by atoms with Crippen LogP contribution in [0, 0.1) is 0 Å². The van der Waals surface area contributed by atoms with Crippen molar-refractivity contribution in [3.05, 3.63) is 45.1 Å². The molecule has 0 aliphatic heterocycles. The number of anilines is 1. The molecule has 0 spiro atoms. The molecule has 84 valence electrons. The lowest BCUT2D eigenvalue weighted by atomic mass is 10.3. The van der Waals surface area contributed by atoms with E-state index < -0.39 is 0 Å². The SMILES string of the molecule is Cn1ccc(CNc2ccc(Br)cc2Br)n1. The molecule has 0 bridgehead atoms. The summed E-state index contributed by atoms with van der Waals surface area (Å²) in [5.41, 5.74) is 2.09. The Morgan fingerprint density at radius 2 is 2.12 bits per heavy atom. The summed E-state index contributed by atoms with van der Waals surface area (Å²) >= 11 is 6.93. The van der Waals surface area contributed by atoms with Crippen molar-refractivity contribution in [3.63, 3.8) is 0 Å². The molecule has 0 amide bonds. The van der Waals surface area contributed by atoms with Gasteiger partial charge in [0.05, 0.1) is 12.2 Å². The monoisotopic (exact) mass is 343 g/mol. The Bertz CT molecular complexity index is 494. The van der Waals surface area contributed by atoms with Crippen molar-refractivity contribution in [2.24, 2.45) is 7.05 Å². The Morgan fingerprint density at radius 1 is 1.31 bits per heavy atom. The fourth-order valence-corrected chi connectivity index (χ4v) is 2.56. The van der Waals surface area contributed by atoms with Gasteiger partial charge in [-0.2, -0.15) is 5.10 Å². The number of hydrogen-bond donors (Lipinski definition) is 1. The summed E-state index contributed by atoms with van der Waals surface area (Å²) in [6, 6.07) is 8.04. The average Bonchev–Trinajstić information content (AvgIpc) is 2.63. The molecule has 1 N–H and O–H groups in total. The molecule has 1 aromatic carbocycles. The summed E-state index contributed by atoms with van der Waals surface area (Å²) in [7, 11) is 1.92. The minimum absolute atomic E-state index is 0.723. The third kappa shape index (κ3) is 2.86. The lowest BCUT2D eigenvalue weighted by Crippen LogP contribution is -2.01. The van der Waals surface area contributed by atoms with Crippen molar-refractivity contribution in [1.29, 1.82) is 0 Å². The van der Waals surface area contributed by atoms with E-state index in [4.69, 9.17) is 0 Å². The van der Waals surface area contributed by atoms with E-state index in [2.05, 4.69) is 42.3 Å². The predicted molar refractivity (Wildman–Crippen MR) is 72.4 cm³/mol. The lowest BCUT2D eigenvalue weighted by Gasteiger charge is -2.07. The van der Waals surface area contributed by atoms with E-state index in [1.54, 1.807) is 4.68 Å². The summed E-state index contributed by atoms with van der Waals surface area (Å²) in [6.07, 6.45) is 1.94. The minimum Gasteiger partial charge on any atom is -0.378 e. The van der Waals surface area contributed by atoms with Crippen LogP contribution in [0.15, 0.2) is 39.4 Å². The number of aryl methyl sites for hydroxylation is 1. The summed E-state index contributed by atoms with van der Waals surface area (Å²) in [5.74, 6) is 0. The maximum Gasteiger partial charge on any atom is 0.0815 e. The van der Waals surface area contributed by atoms with Gasteiger partial charge in [-0.15, -0.1) is 0 Å². The normalized spacial score (nSPS) is 10.4. The van der Waals surface area contributed by atoms with Gasteiger partial charge in [-0.1, -0.05) is 15.9 Å². The van der Waals surface area contributed by atoms with E-state index in [9.17, 15) is 0 Å². The summed E-state index contributed by atoms with van der Waals surface area (Å²) in [6.45, 7) is 0.723. The molecule has 16 heavy (non-hydrogen) atoms. The van der Waals surface area contributed by atoms with Gasteiger partial charge in [0.25, 0.3) is 0 Å². The van der Waals surface area contributed by atoms with Crippen LogP contribution in [-0.2, 0) is 13.6 Å². The molecule has 0 saturated carbocycles. The fourth-order valence-electron chi connectivity index (χ4n) is 1.38. The summed E-state index contributed by atoms with van der Waals surface area (Å²) in [4.78, 5) is 0. The third-order valence-electron chi connectivity index (χ3n) is 2.16. The van der Waals surface area contributed by atoms with Crippen LogP contribution in [0.2, 0.25) is 0 Å². The van der Waals surface area contributed by atoms with Gasteiger partial charge in [0, 0.05) is 27.9 Å². The van der Waals surface area contributed by atoms with Crippen LogP contribution in [0.4, 0.5) is 5.69 Å². The van der Waals surface area contributed by atoms with Crippen molar-refractivity contribution < 1.29 is 0 Å². The van der Waals surface area contributed by atoms with E-state index in [1.165, 1.54) is 0 Å². The smallest absolute Gasteiger partial charge is 0.0815 e. The van der Waals surface area contributed by atoms with Crippen molar-refractivity contribution in [1.82, 2.24) is 9.78 Å². The second kappa shape index (κ2) is 5.01. The Kier molecular flexibility index (Phi) is 3.66. The average molecular weight is 345 g/mol. The predicted octanol–water partition coefficient (Wildman–Crippen LogP) is 3.56. The number of aromatic nitrogens is 2. The second-order valence-corrected chi connectivity index (χ2v) is 5.23. The van der Waals surface area contributed by atoms with Crippen LogP contribution in [0.5, 0.6) is 0 Å². The zero-order chi connectivity index (χ0) is 11.5. The molecule has 0 unspecified atom stereocenters. The maximum atomic E-state index is 4.30. The van der Waals surface area contributed by atoms with Gasteiger partial charge in [-0.25, -0.2) is 0 Å². The molecule has 5 heteroatoms. The zero-order valence-corrected chi connectivity index (χ0v) is 11.9. The van der Waals surface area contributed by atoms with Crippen molar-refractivity contribution in [2.45, 2.75) is 6.54 Å². The van der Waals surface area contributed by atoms with Crippen LogP contribution >= 0.6 is 31.9 Å². The number of rotatable bonds is 3. The Morgan fingerprint density at radius 3 is 2.75 bits per heavy atom. The molecule has 1 heterocycles. The second-order valence-electron chi connectivity index (χ2n) is 3.46. The fraction of sp³-hybridized carbons (Fsp3) is 0.182. The highest BCUT2D eigenvalue weighted by Gasteiger charge is 2.01. The van der Waals surface area contributed by atoms with E-state index in [1.807, 2.05) is 37.5 Å². The highest BCUT2D eigenvalue weighted by atomic mass is 79.9. The number of nitrogens with one attached hydrogen (secondary N) is 1. The number of halogens is 2. The number of hydrogen-bond acceptors (Lipinski definition) is 2. The summed E-state index contributed by atoms with van der Waals surface area (Å²) in [5, 5.41) is 7.63. The van der Waals surface area contributed by atoms with Crippen molar-refractivity contribution in [2.75, 3.05) is 5.32 Å². The van der Waals surface area contributed by atoms with Gasteiger partial charge in [0.15, 0.2) is 0 Å². The van der Waals surface area contributed by atoms with Crippen LogP contribution in [-0.4, -0.2) is 9.78 Å². The molecule has 1 aromatic heterocycles. The molecule has 0 fully saturated rings. The first-order chi connectivity index (χ1) is 7.65. The molecule has 0 atom stereocenters. The standard InChI is InChI=1S/C11H11Br2N3/c1-16-5-4-9(15-16)7-14-11-3-2-8(12)6-10(11)13/h2-6,14H,7H2,1H3. The largest absolute Gasteiger partial charge is 0.378 e. The minimum atomic E-state index is 0.723. The van der Waals surface area contributed by atoms with Crippen molar-refractivity contribution >= 4 is 37.5 Å². The van der Waals surface area contributed by atoms with E-state index in [-0.39, 0.29) is 0 Å². The van der Waals surface area contributed by atoms with Gasteiger partial charge >= 0.3 is 0 Å². The lowest BCUT2D eigenvalue weighted by molar-refractivity contribution is 0.747. The number of nitrogens with zero attached hydrogens (tertiary/aromatic N) is 2. The van der Waals surface area contributed by atoms with E-state index in [0.717, 1.165) is 26.9 Å². The quantitative estimate of drug-likeness (QED) is 0.922. The Labute approximate surface area is 111 Å². The summed E-state index contributed by atoms with van der Waals surface area (Å²) < 4.78 is 3.90. The molecule has 0 aliphatic rings. The zero-order valence-electron chi connectivity index (χ0n) is 8.74. The third-order valence-corrected chi connectivity index (χ3v) is 3.31. The molecule has 0 radical (unpaired) electrons. The van der Waals surface area contributed by atoms with Gasteiger partial charge < -0.3 is 5.32 Å². The Balaban J connectivity index is 2.04. The first-order valence-electron chi connectivity index (χ1n) is 4.82. The molecule has 2 aromatic rings. The van der Waals surface area contributed by atoms with Gasteiger partial charge in [0.1, 0.15) is 0 Å².